The van der Waals surface area contributed by atoms with Gasteiger partial charge in [0.2, 0.25) is 5.91 Å². The van der Waals surface area contributed by atoms with E-state index in [4.69, 9.17) is 5.11 Å². The van der Waals surface area contributed by atoms with E-state index in [2.05, 4.69) is 0 Å². The topological polar surface area (TPSA) is 81.0 Å². The summed E-state index contributed by atoms with van der Waals surface area (Å²) in [6.07, 6.45) is 0.0245. The molecule has 0 saturated carbocycles. The lowest BCUT2D eigenvalue weighted by atomic mass is 10.2. The molecule has 2 atom stereocenters. The van der Waals surface area contributed by atoms with Crippen molar-refractivity contribution in [3.05, 3.63) is 0 Å². The van der Waals surface area contributed by atoms with Crippen molar-refractivity contribution in [2.75, 3.05) is 19.7 Å². The van der Waals surface area contributed by atoms with Crippen LogP contribution in [-0.4, -0.2) is 58.0 Å². The summed E-state index contributed by atoms with van der Waals surface area (Å²) in [6, 6.07) is 0. The molecule has 0 aromatic heterocycles. The van der Waals surface area contributed by atoms with Crippen LogP contribution in [0.2, 0.25) is 0 Å². The largest absolute Gasteiger partial charge is 0.396 e. The highest BCUT2D eigenvalue weighted by Crippen LogP contribution is 2.12. The SMILES string of the molecule is O=C(CCCCO)N1CC(O)C(O)C1. The van der Waals surface area contributed by atoms with Crippen LogP contribution in [0.1, 0.15) is 19.3 Å². The lowest BCUT2D eigenvalue weighted by molar-refractivity contribution is -0.130. The van der Waals surface area contributed by atoms with Gasteiger partial charge in [0.25, 0.3) is 0 Å². The fraction of sp³-hybridized carbons (Fsp3) is 0.889. The number of aliphatic hydroxyl groups excluding tert-OH is 3. The molecule has 0 bridgehead atoms. The first kappa shape index (κ1) is 11.4. The Morgan fingerprint density at radius 3 is 2.29 bits per heavy atom. The van der Waals surface area contributed by atoms with Gasteiger partial charge in [-0.1, -0.05) is 0 Å². The molecule has 1 rings (SSSR count). The van der Waals surface area contributed by atoms with Gasteiger partial charge >= 0.3 is 0 Å². The Morgan fingerprint density at radius 2 is 1.79 bits per heavy atom. The van der Waals surface area contributed by atoms with E-state index >= 15 is 0 Å². The molecule has 0 aliphatic carbocycles. The highest BCUT2D eigenvalue weighted by atomic mass is 16.3. The summed E-state index contributed by atoms with van der Waals surface area (Å²) >= 11 is 0. The minimum absolute atomic E-state index is 0.0611. The zero-order chi connectivity index (χ0) is 10.6. The predicted octanol–water partition coefficient (Wildman–Crippen LogP) is -1.29. The first-order valence-corrected chi connectivity index (χ1v) is 4.90. The van der Waals surface area contributed by atoms with E-state index in [-0.39, 0.29) is 25.6 Å². The maximum atomic E-state index is 11.4. The third-order valence-corrected chi connectivity index (χ3v) is 2.41. The average Bonchev–Trinajstić information content (AvgIpc) is 2.47. The van der Waals surface area contributed by atoms with Gasteiger partial charge in [-0.2, -0.15) is 0 Å². The highest BCUT2D eigenvalue weighted by Gasteiger charge is 2.31. The Kier molecular flexibility index (Phi) is 4.31. The summed E-state index contributed by atoms with van der Waals surface area (Å²) in [4.78, 5) is 12.9. The minimum atomic E-state index is -0.809. The van der Waals surface area contributed by atoms with Gasteiger partial charge in [0.15, 0.2) is 0 Å². The summed E-state index contributed by atoms with van der Waals surface area (Å²) in [5.74, 6) is -0.0611. The molecule has 0 aromatic carbocycles. The van der Waals surface area contributed by atoms with E-state index in [0.29, 0.717) is 19.3 Å². The maximum Gasteiger partial charge on any atom is 0.222 e. The van der Waals surface area contributed by atoms with Gasteiger partial charge in [-0.3, -0.25) is 4.79 Å². The highest BCUT2D eigenvalue weighted by molar-refractivity contribution is 5.76. The van der Waals surface area contributed by atoms with Gasteiger partial charge < -0.3 is 20.2 Å². The van der Waals surface area contributed by atoms with Gasteiger partial charge in [-0.15, -0.1) is 0 Å². The molecule has 5 heteroatoms. The predicted molar refractivity (Wildman–Crippen MR) is 49.5 cm³/mol. The number of carbonyl (C=O) groups is 1. The molecule has 1 heterocycles. The minimum Gasteiger partial charge on any atom is -0.396 e. The number of carbonyl (C=O) groups excluding carboxylic acids is 1. The Labute approximate surface area is 83.0 Å². The number of amides is 1. The van der Waals surface area contributed by atoms with Gasteiger partial charge in [0, 0.05) is 26.1 Å². The number of nitrogens with zero attached hydrogens (tertiary/aromatic N) is 1. The molecule has 1 saturated heterocycles. The molecule has 0 aromatic rings. The average molecular weight is 203 g/mol. The van der Waals surface area contributed by atoms with E-state index in [0.717, 1.165) is 0 Å². The Balaban J connectivity index is 2.25. The summed E-state index contributed by atoms with van der Waals surface area (Å²) in [5.41, 5.74) is 0. The van der Waals surface area contributed by atoms with E-state index in [1.165, 1.54) is 4.90 Å². The molecule has 0 spiro atoms. The van der Waals surface area contributed by atoms with E-state index in [9.17, 15) is 15.0 Å². The molecule has 1 fully saturated rings. The van der Waals surface area contributed by atoms with Crippen LogP contribution in [0.15, 0.2) is 0 Å². The normalized spacial score (nSPS) is 26.9. The molecule has 3 N–H and O–H groups in total. The Morgan fingerprint density at radius 1 is 1.21 bits per heavy atom. The number of β-amino-alcohol motifs (C(OH)–C–C–N with tert-alkyl or cyclic N) is 2. The molecule has 82 valence electrons. The fourth-order valence-corrected chi connectivity index (χ4v) is 1.52. The first-order valence-electron chi connectivity index (χ1n) is 4.90. The van der Waals surface area contributed by atoms with Gasteiger partial charge in [0.1, 0.15) is 0 Å². The zero-order valence-electron chi connectivity index (χ0n) is 8.09. The van der Waals surface area contributed by atoms with Crippen LogP contribution < -0.4 is 0 Å². The van der Waals surface area contributed by atoms with Crippen molar-refractivity contribution >= 4 is 5.91 Å². The number of unbranched alkanes of at least 4 members (excludes halogenated alkanes) is 1. The quantitative estimate of drug-likeness (QED) is 0.497. The molecule has 5 nitrogen and oxygen atoms in total. The molecule has 1 amide bonds. The number of hydrogen-bond donors (Lipinski definition) is 3. The van der Waals surface area contributed by atoms with Crippen molar-refractivity contribution in [3.8, 4) is 0 Å². The number of hydrogen-bond acceptors (Lipinski definition) is 4. The summed E-state index contributed by atoms with van der Waals surface area (Å²) in [7, 11) is 0. The third-order valence-electron chi connectivity index (χ3n) is 2.41. The van der Waals surface area contributed by atoms with Crippen molar-refractivity contribution < 1.29 is 20.1 Å². The van der Waals surface area contributed by atoms with Crippen LogP contribution >= 0.6 is 0 Å². The van der Waals surface area contributed by atoms with Crippen LogP contribution in [0.25, 0.3) is 0 Å². The first-order chi connectivity index (χ1) is 6.65. The van der Waals surface area contributed by atoms with E-state index < -0.39 is 12.2 Å². The van der Waals surface area contributed by atoms with E-state index in [1.54, 1.807) is 0 Å². The van der Waals surface area contributed by atoms with Crippen LogP contribution in [0, 0.1) is 0 Å². The monoisotopic (exact) mass is 203 g/mol. The Hall–Kier alpha value is -0.650. The summed E-state index contributed by atoms with van der Waals surface area (Å²) in [5, 5.41) is 26.9. The standard InChI is InChI=1S/C9H17NO4/c11-4-2-1-3-9(14)10-5-7(12)8(13)6-10/h7-8,11-13H,1-6H2. The Bertz CT molecular complexity index is 187. The van der Waals surface area contributed by atoms with Gasteiger partial charge in [0.05, 0.1) is 12.2 Å². The molecule has 1 aliphatic rings. The zero-order valence-corrected chi connectivity index (χ0v) is 8.09. The third kappa shape index (κ3) is 2.94. The van der Waals surface area contributed by atoms with E-state index in [1.807, 2.05) is 0 Å². The van der Waals surface area contributed by atoms with Crippen LogP contribution in [0.3, 0.4) is 0 Å². The van der Waals surface area contributed by atoms with Crippen molar-refractivity contribution in [2.24, 2.45) is 0 Å². The van der Waals surface area contributed by atoms with Crippen LogP contribution in [0.5, 0.6) is 0 Å². The van der Waals surface area contributed by atoms with Crippen molar-refractivity contribution in [1.82, 2.24) is 4.90 Å². The summed E-state index contributed by atoms with van der Waals surface area (Å²) in [6.45, 7) is 0.538. The number of likely N-dealkylation sites (tertiary alicyclic amines) is 1. The molecule has 14 heavy (non-hydrogen) atoms. The molecule has 2 unspecified atom stereocenters. The lowest BCUT2D eigenvalue weighted by Gasteiger charge is -2.14. The van der Waals surface area contributed by atoms with Crippen LogP contribution in [0.4, 0.5) is 0 Å². The van der Waals surface area contributed by atoms with Crippen molar-refractivity contribution in [2.45, 2.75) is 31.5 Å². The number of rotatable bonds is 4. The second-order valence-corrected chi connectivity index (χ2v) is 3.61. The second-order valence-electron chi connectivity index (χ2n) is 3.61. The van der Waals surface area contributed by atoms with Crippen molar-refractivity contribution in [3.63, 3.8) is 0 Å². The smallest absolute Gasteiger partial charge is 0.222 e. The van der Waals surface area contributed by atoms with Gasteiger partial charge in [-0.25, -0.2) is 0 Å². The fourth-order valence-electron chi connectivity index (χ4n) is 1.52. The molecular weight excluding hydrogens is 186 g/mol. The molecule has 1 aliphatic heterocycles. The van der Waals surface area contributed by atoms with Gasteiger partial charge in [-0.05, 0) is 12.8 Å². The van der Waals surface area contributed by atoms with Crippen molar-refractivity contribution in [1.29, 1.82) is 0 Å². The second kappa shape index (κ2) is 5.29. The molecular formula is C9H17NO4. The molecule has 0 radical (unpaired) electrons. The number of aliphatic hydroxyl groups is 3. The van der Waals surface area contributed by atoms with Crippen LogP contribution in [-0.2, 0) is 4.79 Å². The maximum absolute atomic E-state index is 11.4. The summed E-state index contributed by atoms with van der Waals surface area (Å²) < 4.78 is 0. The lowest BCUT2D eigenvalue weighted by Crippen LogP contribution is -2.29.